The highest BCUT2D eigenvalue weighted by atomic mass is 16.5. The molecule has 2 amide bonds. The minimum Gasteiger partial charge on any atom is -0.374 e. The van der Waals surface area contributed by atoms with Crippen molar-refractivity contribution in [3.05, 3.63) is 35.9 Å². The van der Waals surface area contributed by atoms with Gasteiger partial charge in [-0.3, -0.25) is 0 Å². The first kappa shape index (κ1) is 16.4. The van der Waals surface area contributed by atoms with Gasteiger partial charge >= 0.3 is 6.03 Å². The molecular weight excluding hydrogens is 276 g/mol. The van der Waals surface area contributed by atoms with Crippen LogP contribution in [0.3, 0.4) is 0 Å². The molecule has 1 aliphatic rings. The maximum absolute atomic E-state index is 12.1. The predicted octanol–water partition coefficient (Wildman–Crippen LogP) is 2.44. The van der Waals surface area contributed by atoms with Gasteiger partial charge in [0, 0.05) is 32.5 Å². The van der Waals surface area contributed by atoms with Crippen LogP contribution < -0.4 is 5.32 Å². The van der Waals surface area contributed by atoms with Crippen molar-refractivity contribution in [1.29, 1.82) is 0 Å². The number of benzene rings is 1. The van der Waals surface area contributed by atoms with Crippen LogP contribution in [-0.2, 0) is 11.2 Å². The Balaban J connectivity index is 1.73. The van der Waals surface area contributed by atoms with Crippen molar-refractivity contribution >= 4 is 6.03 Å². The Hall–Kier alpha value is -1.99. The summed E-state index contributed by atoms with van der Waals surface area (Å²) in [7, 11) is 0. The molecule has 4 heteroatoms. The highest BCUT2D eigenvalue weighted by Gasteiger charge is 2.24. The van der Waals surface area contributed by atoms with Crippen LogP contribution >= 0.6 is 0 Å². The smallest absolute Gasteiger partial charge is 0.317 e. The fourth-order valence-corrected chi connectivity index (χ4v) is 2.56. The summed E-state index contributed by atoms with van der Waals surface area (Å²) in [5.41, 5.74) is 1.24. The monoisotopic (exact) mass is 300 g/mol. The molecule has 1 atom stereocenters. The second-order valence-corrected chi connectivity index (χ2v) is 5.52. The number of carbonyl (C=O) groups excluding carboxylic acids is 1. The molecule has 1 aliphatic heterocycles. The number of carbonyl (C=O) groups is 1. The largest absolute Gasteiger partial charge is 0.374 e. The zero-order chi connectivity index (χ0) is 15.6. The molecule has 1 saturated heterocycles. The lowest BCUT2D eigenvalue weighted by Gasteiger charge is -2.33. The van der Waals surface area contributed by atoms with Gasteiger partial charge in [0.2, 0.25) is 0 Å². The molecular formula is C18H24N2O2. The number of nitrogens with one attached hydrogen (secondary N) is 1. The van der Waals surface area contributed by atoms with E-state index in [1.54, 1.807) is 0 Å². The summed E-state index contributed by atoms with van der Waals surface area (Å²) in [5, 5.41) is 2.96. The first-order valence-corrected chi connectivity index (χ1v) is 7.91. The Bertz CT molecular complexity index is 496. The van der Waals surface area contributed by atoms with E-state index in [0.29, 0.717) is 26.2 Å². The molecule has 0 aliphatic carbocycles. The van der Waals surface area contributed by atoms with Crippen LogP contribution in [0.5, 0.6) is 0 Å². The molecule has 1 N–H and O–H groups in total. The topological polar surface area (TPSA) is 41.6 Å². The van der Waals surface area contributed by atoms with E-state index in [2.05, 4.69) is 23.4 Å². The summed E-state index contributed by atoms with van der Waals surface area (Å²) in [6, 6.07) is 10.2. The Morgan fingerprint density at radius 1 is 1.36 bits per heavy atom. The van der Waals surface area contributed by atoms with Crippen LogP contribution in [0.4, 0.5) is 4.79 Å². The third-order valence-corrected chi connectivity index (χ3v) is 3.76. The van der Waals surface area contributed by atoms with E-state index in [1.165, 1.54) is 5.56 Å². The molecule has 22 heavy (non-hydrogen) atoms. The normalized spacial score (nSPS) is 17.8. The predicted molar refractivity (Wildman–Crippen MR) is 87.5 cm³/mol. The number of morpholine rings is 1. The summed E-state index contributed by atoms with van der Waals surface area (Å²) in [6.45, 7) is 2.58. The van der Waals surface area contributed by atoms with Gasteiger partial charge in [-0.25, -0.2) is 4.79 Å². The van der Waals surface area contributed by atoms with Crippen molar-refractivity contribution < 1.29 is 9.53 Å². The minimum atomic E-state index is 0.00192. The fraction of sp³-hybridized carbons (Fsp3) is 0.500. The number of ether oxygens (including phenoxy) is 1. The zero-order valence-corrected chi connectivity index (χ0v) is 13.0. The van der Waals surface area contributed by atoms with Gasteiger partial charge in [0.25, 0.3) is 0 Å². The van der Waals surface area contributed by atoms with E-state index >= 15 is 0 Å². The Labute approximate surface area is 132 Å². The SMILES string of the molecule is C#CCCCCNC(=O)N1CCOC(Cc2ccccc2)C1. The Kier molecular flexibility index (Phi) is 6.79. The van der Waals surface area contributed by atoms with Crippen LogP contribution in [0.1, 0.15) is 24.8 Å². The summed E-state index contributed by atoms with van der Waals surface area (Å²) >= 11 is 0. The maximum atomic E-state index is 12.1. The minimum absolute atomic E-state index is 0.00192. The molecule has 0 saturated carbocycles. The second-order valence-electron chi connectivity index (χ2n) is 5.52. The molecule has 1 aromatic rings. The van der Waals surface area contributed by atoms with E-state index in [-0.39, 0.29) is 12.1 Å². The number of rotatable bonds is 6. The average molecular weight is 300 g/mol. The number of hydrogen-bond acceptors (Lipinski definition) is 2. The zero-order valence-electron chi connectivity index (χ0n) is 13.0. The number of unbranched alkanes of at least 4 members (excludes halogenated alkanes) is 2. The van der Waals surface area contributed by atoms with E-state index in [4.69, 9.17) is 11.2 Å². The molecule has 2 rings (SSSR count). The summed E-state index contributed by atoms with van der Waals surface area (Å²) in [5.74, 6) is 2.61. The molecule has 1 fully saturated rings. The number of amides is 2. The van der Waals surface area contributed by atoms with Gasteiger partial charge in [-0.15, -0.1) is 12.3 Å². The lowest BCUT2D eigenvalue weighted by atomic mass is 10.1. The quantitative estimate of drug-likeness (QED) is 0.647. The maximum Gasteiger partial charge on any atom is 0.317 e. The lowest BCUT2D eigenvalue weighted by molar-refractivity contribution is -0.0132. The van der Waals surface area contributed by atoms with Crippen LogP contribution in [0.2, 0.25) is 0 Å². The number of terminal acetylenes is 1. The molecule has 1 aromatic carbocycles. The first-order chi connectivity index (χ1) is 10.8. The summed E-state index contributed by atoms with van der Waals surface area (Å²) in [6.07, 6.45) is 8.77. The van der Waals surface area contributed by atoms with Gasteiger partial charge in [-0.05, 0) is 18.4 Å². The third kappa shape index (κ3) is 5.42. The van der Waals surface area contributed by atoms with Crippen molar-refractivity contribution in [3.8, 4) is 12.3 Å². The Morgan fingerprint density at radius 3 is 2.95 bits per heavy atom. The van der Waals surface area contributed by atoms with Crippen LogP contribution in [0.15, 0.2) is 30.3 Å². The molecule has 0 radical (unpaired) electrons. The van der Waals surface area contributed by atoms with Gasteiger partial charge in [-0.2, -0.15) is 0 Å². The molecule has 4 nitrogen and oxygen atoms in total. The number of nitrogens with zero attached hydrogens (tertiary/aromatic N) is 1. The van der Waals surface area contributed by atoms with Crippen molar-refractivity contribution in [1.82, 2.24) is 10.2 Å². The van der Waals surface area contributed by atoms with Gasteiger partial charge in [-0.1, -0.05) is 30.3 Å². The van der Waals surface area contributed by atoms with E-state index < -0.39 is 0 Å². The third-order valence-electron chi connectivity index (χ3n) is 3.76. The average Bonchev–Trinajstić information content (AvgIpc) is 2.56. The van der Waals surface area contributed by atoms with Gasteiger partial charge < -0.3 is 15.0 Å². The standard InChI is InChI=1S/C18H24N2O2/c1-2-3-4-8-11-19-18(21)20-12-13-22-17(15-20)14-16-9-6-5-7-10-16/h1,5-7,9-10,17H,3-4,8,11-15H2,(H,19,21). The van der Waals surface area contributed by atoms with Crippen LogP contribution in [0.25, 0.3) is 0 Å². The number of hydrogen-bond donors (Lipinski definition) is 1. The van der Waals surface area contributed by atoms with Crippen molar-refractivity contribution in [3.63, 3.8) is 0 Å². The van der Waals surface area contributed by atoms with E-state index in [1.807, 2.05) is 23.1 Å². The van der Waals surface area contributed by atoms with Crippen molar-refractivity contribution in [2.75, 3.05) is 26.2 Å². The lowest BCUT2D eigenvalue weighted by Crippen LogP contribution is -2.50. The van der Waals surface area contributed by atoms with Crippen molar-refractivity contribution in [2.45, 2.75) is 31.8 Å². The van der Waals surface area contributed by atoms with E-state index in [0.717, 1.165) is 25.7 Å². The van der Waals surface area contributed by atoms with Gasteiger partial charge in [0.1, 0.15) is 0 Å². The first-order valence-electron chi connectivity index (χ1n) is 7.91. The number of urea groups is 1. The summed E-state index contributed by atoms with van der Waals surface area (Å²) in [4.78, 5) is 14.0. The van der Waals surface area contributed by atoms with Crippen LogP contribution in [0, 0.1) is 12.3 Å². The van der Waals surface area contributed by atoms with Crippen molar-refractivity contribution in [2.24, 2.45) is 0 Å². The molecule has 0 aromatic heterocycles. The molecule has 0 spiro atoms. The van der Waals surface area contributed by atoms with Crippen LogP contribution in [-0.4, -0.2) is 43.3 Å². The highest BCUT2D eigenvalue weighted by molar-refractivity contribution is 5.74. The van der Waals surface area contributed by atoms with Gasteiger partial charge in [0.15, 0.2) is 0 Å². The van der Waals surface area contributed by atoms with E-state index in [9.17, 15) is 4.79 Å². The molecule has 118 valence electrons. The second kappa shape index (κ2) is 9.11. The Morgan fingerprint density at radius 2 is 2.18 bits per heavy atom. The summed E-state index contributed by atoms with van der Waals surface area (Å²) < 4.78 is 5.78. The van der Waals surface area contributed by atoms with Gasteiger partial charge in [0.05, 0.1) is 12.7 Å². The fourth-order valence-electron chi connectivity index (χ4n) is 2.56. The highest BCUT2D eigenvalue weighted by Crippen LogP contribution is 2.11. The molecule has 1 heterocycles. The molecule has 0 bridgehead atoms. The molecule has 1 unspecified atom stereocenters.